The standard InChI is InChI=1S/C17H26N4OS/c1-14-16(10-19(2)18-14)11-20-5-6-21(17(12-20)3-7-22)9-15-4-8-23-13-15/h4,8,10,13,17,22H,3,5-7,9,11-12H2,1-2H3. The molecule has 1 unspecified atom stereocenters. The first-order valence-corrected chi connectivity index (χ1v) is 9.17. The Balaban J connectivity index is 1.62. The first-order valence-electron chi connectivity index (χ1n) is 8.23. The van der Waals surface area contributed by atoms with Crippen molar-refractivity contribution in [3.8, 4) is 0 Å². The van der Waals surface area contributed by atoms with Crippen LogP contribution >= 0.6 is 11.3 Å². The van der Waals surface area contributed by atoms with E-state index in [4.69, 9.17) is 0 Å². The van der Waals surface area contributed by atoms with Gasteiger partial charge in [0.1, 0.15) is 0 Å². The summed E-state index contributed by atoms with van der Waals surface area (Å²) in [6.45, 7) is 7.42. The van der Waals surface area contributed by atoms with Crippen LogP contribution in [0.4, 0.5) is 0 Å². The van der Waals surface area contributed by atoms with E-state index in [2.05, 4.69) is 44.8 Å². The number of nitrogens with zero attached hydrogens (tertiary/aromatic N) is 4. The molecule has 0 radical (unpaired) electrons. The average molecular weight is 334 g/mol. The fourth-order valence-corrected chi connectivity index (χ4v) is 4.05. The fraction of sp³-hybridized carbons (Fsp3) is 0.588. The summed E-state index contributed by atoms with van der Waals surface area (Å²) >= 11 is 1.75. The van der Waals surface area contributed by atoms with Crippen LogP contribution in [0.2, 0.25) is 0 Å². The number of thiophene rings is 1. The highest BCUT2D eigenvalue weighted by Crippen LogP contribution is 2.20. The normalized spacial score (nSPS) is 20.2. The summed E-state index contributed by atoms with van der Waals surface area (Å²) in [5.74, 6) is 0. The summed E-state index contributed by atoms with van der Waals surface area (Å²) < 4.78 is 1.89. The Bertz CT molecular complexity index is 610. The lowest BCUT2D eigenvalue weighted by Crippen LogP contribution is -2.52. The molecule has 0 aromatic carbocycles. The molecule has 1 N–H and O–H groups in total. The fourth-order valence-electron chi connectivity index (χ4n) is 3.39. The molecule has 2 aromatic rings. The predicted octanol–water partition coefficient (Wildman–Crippen LogP) is 1.86. The quantitative estimate of drug-likeness (QED) is 0.876. The number of hydrogen-bond acceptors (Lipinski definition) is 5. The Morgan fingerprint density at radius 1 is 1.35 bits per heavy atom. The van der Waals surface area contributed by atoms with Crippen molar-refractivity contribution in [2.45, 2.75) is 32.5 Å². The maximum Gasteiger partial charge on any atom is 0.0638 e. The average Bonchev–Trinajstić information content (AvgIpc) is 3.12. The molecular weight excluding hydrogens is 308 g/mol. The lowest BCUT2D eigenvalue weighted by atomic mass is 10.1. The molecular formula is C17H26N4OS. The van der Waals surface area contributed by atoms with Crippen molar-refractivity contribution in [3.63, 3.8) is 0 Å². The van der Waals surface area contributed by atoms with Crippen molar-refractivity contribution in [1.29, 1.82) is 0 Å². The molecule has 0 amide bonds. The highest BCUT2D eigenvalue weighted by atomic mass is 32.1. The van der Waals surface area contributed by atoms with E-state index < -0.39 is 0 Å². The largest absolute Gasteiger partial charge is 0.396 e. The second kappa shape index (κ2) is 7.57. The minimum absolute atomic E-state index is 0.255. The zero-order valence-electron chi connectivity index (χ0n) is 14.0. The summed E-state index contributed by atoms with van der Waals surface area (Å²) in [7, 11) is 1.98. The molecule has 6 heteroatoms. The molecule has 1 fully saturated rings. The maximum absolute atomic E-state index is 9.43. The second-order valence-electron chi connectivity index (χ2n) is 6.42. The van der Waals surface area contributed by atoms with Gasteiger partial charge in [0.2, 0.25) is 0 Å². The van der Waals surface area contributed by atoms with Gasteiger partial charge in [0, 0.05) is 64.2 Å². The third-order valence-electron chi connectivity index (χ3n) is 4.63. The van der Waals surface area contributed by atoms with Crippen LogP contribution in [0.5, 0.6) is 0 Å². The van der Waals surface area contributed by atoms with Gasteiger partial charge in [-0.2, -0.15) is 16.4 Å². The van der Waals surface area contributed by atoms with Crippen LogP contribution in [0.25, 0.3) is 0 Å². The molecule has 3 rings (SSSR count). The summed E-state index contributed by atoms with van der Waals surface area (Å²) in [6, 6.07) is 2.62. The number of piperazine rings is 1. The number of aryl methyl sites for hydroxylation is 2. The molecule has 1 aliphatic rings. The summed E-state index contributed by atoms with van der Waals surface area (Å²) in [4.78, 5) is 5.01. The van der Waals surface area contributed by atoms with E-state index in [1.165, 1.54) is 11.1 Å². The molecule has 1 atom stereocenters. The van der Waals surface area contributed by atoms with Gasteiger partial charge in [-0.1, -0.05) is 0 Å². The van der Waals surface area contributed by atoms with Crippen LogP contribution in [0.1, 0.15) is 23.2 Å². The lowest BCUT2D eigenvalue weighted by molar-refractivity contribution is 0.0499. The van der Waals surface area contributed by atoms with Gasteiger partial charge >= 0.3 is 0 Å². The minimum atomic E-state index is 0.255. The van der Waals surface area contributed by atoms with Gasteiger partial charge in [-0.05, 0) is 35.7 Å². The summed E-state index contributed by atoms with van der Waals surface area (Å²) in [5.41, 5.74) is 3.81. The third kappa shape index (κ3) is 4.20. The molecule has 0 bridgehead atoms. The maximum atomic E-state index is 9.43. The molecule has 126 valence electrons. The zero-order chi connectivity index (χ0) is 16.2. The molecule has 3 heterocycles. The topological polar surface area (TPSA) is 44.5 Å². The van der Waals surface area contributed by atoms with Crippen molar-refractivity contribution in [3.05, 3.63) is 39.8 Å². The van der Waals surface area contributed by atoms with E-state index in [1.54, 1.807) is 11.3 Å². The van der Waals surface area contributed by atoms with Crippen LogP contribution in [0.15, 0.2) is 23.0 Å². The monoisotopic (exact) mass is 334 g/mol. The van der Waals surface area contributed by atoms with E-state index >= 15 is 0 Å². The summed E-state index contributed by atoms with van der Waals surface area (Å²) in [6.07, 6.45) is 2.96. The van der Waals surface area contributed by atoms with Gasteiger partial charge in [-0.25, -0.2) is 0 Å². The van der Waals surface area contributed by atoms with Crippen molar-refractivity contribution < 1.29 is 5.11 Å². The van der Waals surface area contributed by atoms with Gasteiger partial charge in [0.05, 0.1) is 5.69 Å². The van der Waals surface area contributed by atoms with Gasteiger partial charge in [0.25, 0.3) is 0 Å². The number of aliphatic hydroxyl groups excluding tert-OH is 1. The molecule has 2 aromatic heterocycles. The van der Waals surface area contributed by atoms with E-state index in [-0.39, 0.29) is 6.61 Å². The van der Waals surface area contributed by atoms with E-state index in [0.717, 1.165) is 44.8 Å². The predicted molar refractivity (Wildman–Crippen MR) is 93.4 cm³/mol. The highest BCUT2D eigenvalue weighted by Gasteiger charge is 2.27. The van der Waals surface area contributed by atoms with Crippen molar-refractivity contribution >= 4 is 11.3 Å². The second-order valence-corrected chi connectivity index (χ2v) is 7.20. The molecule has 0 aliphatic carbocycles. The minimum Gasteiger partial charge on any atom is -0.396 e. The SMILES string of the molecule is Cc1nn(C)cc1CN1CCN(Cc2ccsc2)C(CCO)C1. The highest BCUT2D eigenvalue weighted by molar-refractivity contribution is 7.07. The zero-order valence-corrected chi connectivity index (χ0v) is 14.8. The van der Waals surface area contributed by atoms with Crippen molar-refractivity contribution in [2.75, 3.05) is 26.2 Å². The Hall–Kier alpha value is -1.21. The smallest absolute Gasteiger partial charge is 0.0638 e. The van der Waals surface area contributed by atoms with Gasteiger partial charge in [-0.15, -0.1) is 0 Å². The molecule has 0 spiro atoms. The Morgan fingerprint density at radius 2 is 2.22 bits per heavy atom. The van der Waals surface area contributed by atoms with E-state index in [1.807, 2.05) is 11.7 Å². The first-order chi connectivity index (χ1) is 11.2. The Labute approximate surface area is 142 Å². The first kappa shape index (κ1) is 16.6. The van der Waals surface area contributed by atoms with Crippen LogP contribution in [-0.4, -0.2) is 57.0 Å². The van der Waals surface area contributed by atoms with Gasteiger partial charge in [-0.3, -0.25) is 14.5 Å². The van der Waals surface area contributed by atoms with Crippen LogP contribution in [0, 0.1) is 6.92 Å². The number of aromatic nitrogens is 2. The molecule has 0 saturated carbocycles. The lowest BCUT2D eigenvalue weighted by Gasteiger charge is -2.41. The Kier molecular flexibility index (Phi) is 5.48. The van der Waals surface area contributed by atoms with Crippen LogP contribution < -0.4 is 0 Å². The van der Waals surface area contributed by atoms with Crippen molar-refractivity contribution in [1.82, 2.24) is 19.6 Å². The van der Waals surface area contributed by atoms with E-state index in [9.17, 15) is 5.11 Å². The Morgan fingerprint density at radius 3 is 2.87 bits per heavy atom. The molecule has 1 aliphatic heterocycles. The van der Waals surface area contributed by atoms with Crippen molar-refractivity contribution in [2.24, 2.45) is 7.05 Å². The number of rotatable bonds is 6. The van der Waals surface area contributed by atoms with Crippen LogP contribution in [0.3, 0.4) is 0 Å². The molecule has 1 saturated heterocycles. The number of aliphatic hydroxyl groups is 1. The van der Waals surface area contributed by atoms with Crippen LogP contribution in [-0.2, 0) is 20.1 Å². The van der Waals surface area contributed by atoms with E-state index in [0.29, 0.717) is 6.04 Å². The third-order valence-corrected chi connectivity index (χ3v) is 5.36. The number of hydrogen-bond donors (Lipinski definition) is 1. The van der Waals surface area contributed by atoms with Gasteiger partial charge < -0.3 is 5.11 Å². The molecule has 23 heavy (non-hydrogen) atoms. The molecule has 5 nitrogen and oxygen atoms in total. The summed E-state index contributed by atoms with van der Waals surface area (Å²) in [5, 5.41) is 18.2. The van der Waals surface area contributed by atoms with Gasteiger partial charge in [0.15, 0.2) is 0 Å².